The van der Waals surface area contributed by atoms with Crippen LogP contribution in [0.2, 0.25) is 0 Å². The Kier molecular flexibility index (Phi) is 2.89. The van der Waals surface area contributed by atoms with Crippen molar-refractivity contribution in [2.75, 3.05) is 11.4 Å². The molecule has 0 saturated carbocycles. The van der Waals surface area contributed by atoms with Gasteiger partial charge >= 0.3 is 0 Å². The summed E-state index contributed by atoms with van der Waals surface area (Å²) in [7, 11) is 1.92. The van der Waals surface area contributed by atoms with E-state index >= 15 is 0 Å². The fraction of sp³-hybridized carbons (Fsp3) is 0.615. The molecule has 5 nitrogen and oxygen atoms in total. The highest BCUT2D eigenvalue weighted by atomic mass is 15.3. The molecule has 0 spiro atoms. The molecule has 0 bridgehead atoms. The van der Waals surface area contributed by atoms with Crippen LogP contribution in [0, 0.1) is 0 Å². The lowest BCUT2D eigenvalue weighted by Gasteiger charge is -2.36. The fourth-order valence-electron chi connectivity index (χ4n) is 2.88. The van der Waals surface area contributed by atoms with Gasteiger partial charge in [0, 0.05) is 19.6 Å². The van der Waals surface area contributed by atoms with Crippen molar-refractivity contribution in [1.82, 2.24) is 19.7 Å². The molecule has 18 heavy (non-hydrogen) atoms. The van der Waals surface area contributed by atoms with Crippen LogP contribution >= 0.6 is 0 Å². The van der Waals surface area contributed by atoms with E-state index in [4.69, 9.17) is 0 Å². The van der Waals surface area contributed by atoms with Gasteiger partial charge in [0.15, 0.2) is 5.65 Å². The summed E-state index contributed by atoms with van der Waals surface area (Å²) in [4.78, 5) is 11.3. The number of anilines is 1. The molecule has 0 amide bonds. The van der Waals surface area contributed by atoms with Crippen molar-refractivity contribution in [3.05, 3.63) is 12.5 Å². The predicted molar refractivity (Wildman–Crippen MR) is 71.6 cm³/mol. The third-order valence-corrected chi connectivity index (χ3v) is 3.88. The van der Waals surface area contributed by atoms with E-state index in [2.05, 4.69) is 26.9 Å². The second-order valence-corrected chi connectivity index (χ2v) is 4.95. The van der Waals surface area contributed by atoms with Crippen LogP contribution in [0.15, 0.2) is 12.5 Å². The van der Waals surface area contributed by atoms with Gasteiger partial charge in [-0.25, -0.2) is 9.97 Å². The van der Waals surface area contributed by atoms with Crippen molar-refractivity contribution < 1.29 is 0 Å². The molecule has 0 unspecified atom stereocenters. The van der Waals surface area contributed by atoms with Gasteiger partial charge in [-0.15, -0.1) is 0 Å². The molecule has 1 fully saturated rings. The van der Waals surface area contributed by atoms with Crippen LogP contribution in [0.25, 0.3) is 11.0 Å². The van der Waals surface area contributed by atoms with Crippen molar-refractivity contribution in [3.63, 3.8) is 0 Å². The van der Waals surface area contributed by atoms with E-state index in [1.54, 1.807) is 6.33 Å². The summed E-state index contributed by atoms with van der Waals surface area (Å²) in [5.41, 5.74) is 0.917. The van der Waals surface area contributed by atoms with Gasteiger partial charge in [0.1, 0.15) is 12.1 Å². The topological polar surface area (TPSA) is 46.8 Å². The zero-order chi connectivity index (χ0) is 12.5. The summed E-state index contributed by atoms with van der Waals surface area (Å²) in [5.74, 6) is 1.06. The molecule has 3 heterocycles. The van der Waals surface area contributed by atoms with Gasteiger partial charge in [0.2, 0.25) is 0 Å². The molecule has 2 aromatic rings. The van der Waals surface area contributed by atoms with E-state index in [9.17, 15) is 0 Å². The standard InChI is InChI=1S/C13H19N5/c1-3-10-6-4-5-7-18(10)13-11-8-16-17(2)12(11)14-9-15-13/h8-10H,3-7H2,1-2H3/t10-/m1/s1. The minimum atomic E-state index is 0.608. The van der Waals surface area contributed by atoms with E-state index < -0.39 is 0 Å². The molecule has 1 aliphatic rings. The van der Waals surface area contributed by atoms with Crippen molar-refractivity contribution in [3.8, 4) is 0 Å². The summed E-state index contributed by atoms with van der Waals surface area (Å²) >= 11 is 0. The normalized spacial score (nSPS) is 20.6. The Morgan fingerprint density at radius 1 is 1.33 bits per heavy atom. The second kappa shape index (κ2) is 4.55. The zero-order valence-electron chi connectivity index (χ0n) is 11.0. The van der Waals surface area contributed by atoms with Gasteiger partial charge in [-0.3, -0.25) is 4.68 Å². The highest BCUT2D eigenvalue weighted by molar-refractivity contribution is 5.86. The highest BCUT2D eigenvalue weighted by Gasteiger charge is 2.24. The summed E-state index contributed by atoms with van der Waals surface area (Å²) in [6.07, 6.45) is 8.55. The average molecular weight is 245 g/mol. The summed E-state index contributed by atoms with van der Waals surface area (Å²) < 4.78 is 1.81. The Morgan fingerprint density at radius 3 is 3.06 bits per heavy atom. The SMILES string of the molecule is CC[C@@H]1CCCCN1c1ncnc2c1cnn2C. The number of hydrogen-bond acceptors (Lipinski definition) is 4. The molecule has 5 heteroatoms. The molecule has 1 aliphatic heterocycles. The summed E-state index contributed by atoms with van der Waals surface area (Å²) in [5, 5.41) is 5.36. The minimum absolute atomic E-state index is 0.608. The molecule has 0 aromatic carbocycles. The maximum atomic E-state index is 4.50. The monoisotopic (exact) mass is 245 g/mol. The number of aromatic nitrogens is 4. The molecule has 1 atom stereocenters. The van der Waals surface area contributed by atoms with Crippen molar-refractivity contribution in [2.45, 2.75) is 38.6 Å². The Labute approximate surface area is 107 Å². The Balaban J connectivity index is 2.07. The molecular formula is C13H19N5. The van der Waals surface area contributed by atoms with Crippen LogP contribution in [-0.2, 0) is 7.05 Å². The smallest absolute Gasteiger partial charge is 0.163 e. The van der Waals surface area contributed by atoms with E-state index in [1.165, 1.54) is 25.7 Å². The number of rotatable bonds is 2. The second-order valence-electron chi connectivity index (χ2n) is 4.95. The molecule has 2 aromatic heterocycles. The highest BCUT2D eigenvalue weighted by Crippen LogP contribution is 2.29. The fourth-order valence-corrected chi connectivity index (χ4v) is 2.88. The van der Waals surface area contributed by atoms with Crippen molar-refractivity contribution >= 4 is 16.9 Å². The van der Waals surface area contributed by atoms with Gasteiger partial charge in [0.25, 0.3) is 0 Å². The van der Waals surface area contributed by atoms with Gasteiger partial charge in [-0.2, -0.15) is 5.10 Å². The lowest BCUT2D eigenvalue weighted by atomic mass is 10.00. The predicted octanol–water partition coefficient (Wildman–Crippen LogP) is 2.13. The molecule has 0 radical (unpaired) electrons. The summed E-state index contributed by atoms with van der Waals surface area (Å²) in [6, 6.07) is 0.608. The largest absolute Gasteiger partial charge is 0.353 e. The number of nitrogens with zero attached hydrogens (tertiary/aromatic N) is 5. The molecule has 96 valence electrons. The molecular weight excluding hydrogens is 226 g/mol. The van der Waals surface area contributed by atoms with E-state index in [0.29, 0.717) is 6.04 Å². The average Bonchev–Trinajstić information content (AvgIpc) is 2.81. The number of aryl methyl sites for hydroxylation is 1. The van der Waals surface area contributed by atoms with Crippen LogP contribution in [0.3, 0.4) is 0 Å². The van der Waals surface area contributed by atoms with E-state index in [0.717, 1.165) is 23.4 Å². The number of hydrogen-bond donors (Lipinski definition) is 0. The maximum Gasteiger partial charge on any atom is 0.163 e. The van der Waals surface area contributed by atoms with Crippen LogP contribution < -0.4 is 4.90 Å². The third kappa shape index (κ3) is 1.74. The van der Waals surface area contributed by atoms with E-state index in [-0.39, 0.29) is 0 Å². The number of piperidine rings is 1. The molecule has 3 rings (SSSR count). The van der Waals surface area contributed by atoms with Crippen molar-refractivity contribution in [1.29, 1.82) is 0 Å². The Morgan fingerprint density at radius 2 is 2.22 bits per heavy atom. The Bertz CT molecular complexity index is 547. The number of fused-ring (bicyclic) bond motifs is 1. The first-order chi connectivity index (χ1) is 8.81. The maximum absolute atomic E-state index is 4.50. The molecule has 0 aliphatic carbocycles. The first-order valence-corrected chi connectivity index (χ1v) is 6.70. The van der Waals surface area contributed by atoms with Gasteiger partial charge in [0.05, 0.1) is 11.6 Å². The quantitative estimate of drug-likeness (QED) is 0.813. The molecule has 1 saturated heterocycles. The summed E-state index contributed by atoms with van der Waals surface area (Å²) in [6.45, 7) is 3.35. The first kappa shape index (κ1) is 11.4. The third-order valence-electron chi connectivity index (χ3n) is 3.88. The first-order valence-electron chi connectivity index (χ1n) is 6.70. The van der Waals surface area contributed by atoms with Gasteiger partial charge in [-0.05, 0) is 25.7 Å². The van der Waals surface area contributed by atoms with Crippen molar-refractivity contribution in [2.24, 2.45) is 7.05 Å². The molecule has 0 N–H and O–H groups in total. The van der Waals surface area contributed by atoms with Crippen LogP contribution in [0.4, 0.5) is 5.82 Å². The van der Waals surface area contributed by atoms with Gasteiger partial charge in [-0.1, -0.05) is 6.92 Å². The van der Waals surface area contributed by atoms with Crippen LogP contribution in [-0.4, -0.2) is 32.3 Å². The van der Waals surface area contributed by atoms with Gasteiger partial charge < -0.3 is 4.90 Å². The van der Waals surface area contributed by atoms with Crippen LogP contribution in [0.1, 0.15) is 32.6 Å². The van der Waals surface area contributed by atoms with Crippen LogP contribution in [0.5, 0.6) is 0 Å². The minimum Gasteiger partial charge on any atom is -0.353 e. The lowest BCUT2D eigenvalue weighted by molar-refractivity contribution is 0.448. The zero-order valence-corrected chi connectivity index (χ0v) is 11.0. The van der Waals surface area contributed by atoms with E-state index in [1.807, 2.05) is 17.9 Å². The lowest BCUT2D eigenvalue weighted by Crippen LogP contribution is -2.39. The Hall–Kier alpha value is -1.65.